The molecular weight excluding hydrogens is 505 g/mol. The van der Waals surface area contributed by atoms with Crippen molar-refractivity contribution in [2.75, 3.05) is 25.1 Å². The molecule has 2 atom stereocenters. The molecule has 34 heavy (non-hydrogen) atoms. The number of nitrogens with one attached hydrogen (secondary N) is 2. The summed E-state index contributed by atoms with van der Waals surface area (Å²) in [6, 6.07) is 4.99. The van der Waals surface area contributed by atoms with Gasteiger partial charge in [0.15, 0.2) is 5.13 Å². The number of carboxylic acid groups (broad SMARTS) is 1. The van der Waals surface area contributed by atoms with Gasteiger partial charge >= 0.3 is 6.16 Å². The number of halogens is 2. The highest BCUT2D eigenvalue weighted by atomic mass is 35.5. The minimum atomic E-state index is -1.43. The molecule has 3 aromatic rings. The number of aryl methyl sites for hydroxylation is 1. The van der Waals surface area contributed by atoms with E-state index in [9.17, 15) is 9.59 Å². The molecule has 10 nitrogen and oxygen atoms in total. The number of thiazole rings is 1. The van der Waals surface area contributed by atoms with E-state index in [1.807, 2.05) is 4.90 Å². The highest BCUT2D eigenvalue weighted by molar-refractivity contribution is 7.18. The van der Waals surface area contributed by atoms with Gasteiger partial charge in [0.1, 0.15) is 11.4 Å². The Morgan fingerprint density at radius 2 is 2.12 bits per heavy atom. The van der Waals surface area contributed by atoms with Crippen LogP contribution in [0.1, 0.15) is 22.6 Å². The molecule has 1 aliphatic rings. The monoisotopic (exact) mass is 525 g/mol. The molecule has 1 amide bonds. The van der Waals surface area contributed by atoms with Crippen LogP contribution in [-0.4, -0.2) is 64.5 Å². The summed E-state index contributed by atoms with van der Waals surface area (Å²) in [5.41, 5.74) is 1.67. The molecule has 1 saturated heterocycles. The van der Waals surface area contributed by atoms with Gasteiger partial charge in [-0.1, -0.05) is 40.6 Å². The Labute approximate surface area is 208 Å². The van der Waals surface area contributed by atoms with Gasteiger partial charge in [-0.05, 0) is 25.5 Å². The fraction of sp³-hybridized carbons (Fsp3) is 0.333. The van der Waals surface area contributed by atoms with Gasteiger partial charge in [0.2, 0.25) is 5.06 Å². The predicted molar refractivity (Wildman–Crippen MR) is 128 cm³/mol. The highest BCUT2D eigenvalue weighted by Crippen LogP contribution is 2.40. The second kappa shape index (κ2) is 10.2. The van der Waals surface area contributed by atoms with Crippen molar-refractivity contribution >= 4 is 51.7 Å². The zero-order valence-electron chi connectivity index (χ0n) is 18.2. The second-order valence-corrected chi connectivity index (χ2v) is 9.25. The minimum Gasteiger partial charge on any atom is -0.449 e. The number of aromatic amines is 1. The van der Waals surface area contributed by atoms with E-state index in [1.54, 1.807) is 38.4 Å². The maximum Gasteiger partial charge on any atom is 0.512 e. The Bertz CT molecular complexity index is 1200. The van der Waals surface area contributed by atoms with Crippen LogP contribution in [0.15, 0.2) is 24.4 Å². The number of nitrogens with zero attached hydrogens (tertiary/aromatic N) is 3. The molecule has 4 heterocycles. The van der Waals surface area contributed by atoms with E-state index in [0.29, 0.717) is 46.7 Å². The van der Waals surface area contributed by atoms with E-state index < -0.39 is 6.16 Å². The van der Waals surface area contributed by atoms with E-state index in [0.717, 1.165) is 11.3 Å². The maximum absolute atomic E-state index is 12.8. The summed E-state index contributed by atoms with van der Waals surface area (Å²) in [4.78, 5) is 37.7. The first-order chi connectivity index (χ1) is 16.3. The number of anilines is 1. The molecule has 1 aliphatic heterocycles. The molecule has 0 unspecified atom stereocenters. The first kappa shape index (κ1) is 24.3. The summed E-state index contributed by atoms with van der Waals surface area (Å²) in [7, 11) is 1.57. The highest BCUT2D eigenvalue weighted by Gasteiger charge is 2.34. The van der Waals surface area contributed by atoms with Crippen LogP contribution in [-0.2, 0) is 4.74 Å². The quantitative estimate of drug-likeness (QED) is 0.407. The molecule has 1 fully saturated rings. The first-order valence-electron chi connectivity index (χ1n) is 10.2. The summed E-state index contributed by atoms with van der Waals surface area (Å²) >= 11 is 13.4. The van der Waals surface area contributed by atoms with Gasteiger partial charge in [-0.2, -0.15) is 0 Å². The third kappa shape index (κ3) is 4.97. The maximum atomic E-state index is 12.8. The first-order valence-corrected chi connectivity index (χ1v) is 11.8. The Morgan fingerprint density at radius 3 is 2.74 bits per heavy atom. The molecule has 13 heteroatoms. The largest absolute Gasteiger partial charge is 0.512 e. The van der Waals surface area contributed by atoms with Crippen LogP contribution in [0.3, 0.4) is 0 Å². The van der Waals surface area contributed by atoms with Crippen LogP contribution >= 0.6 is 34.5 Å². The number of rotatable bonds is 6. The molecule has 0 saturated carbocycles. The minimum absolute atomic E-state index is 0.138. The molecule has 4 rings (SSSR count). The summed E-state index contributed by atoms with van der Waals surface area (Å²) < 4.78 is 10.6. The van der Waals surface area contributed by atoms with Gasteiger partial charge in [0.05, 0.1) is 27.9 Å². The van der Waals surface area contributed by atoms with Crippen molar-refractivity contribution < 1.29 is 24.2 Å². The second-order valence-electron chi connectivity index (χ2n) is 7.56. The molecule has 0 radical (unpaired) electrons. The van der Waals surface area contributed by atoms with Crippen LogP contribution in [0.25, 0.3) is 11.4 Å². The zero-order valence-corrected chi connectivity index (χ0v) is 20.5. The molecular formula is C21H21Cl2N5O5S. The summed E-state index contributed by atoms with van der Waals surface area (Å²) in [6.45, 7) is 2.70. The number of aromatic nitrogens is 3. The lowest BCUT2D eigenvalue weighted by atomic mass is 10.0. The zero-order chi connectivity index (χ0) is 24.4. The third-order valence-corrected chi connectivity index (χ3v) is 7.34. The number of hydrogen-bond acceptors (Lipinski definition) is 8. The van der Waals surface area contributed by atoms with E-state index in [4.69, 9.17) is 37.8 Å². The lowest BCUT2D eigenvalue weighted by Crippen LogP contribution is -2.55. The lowest BCUT2D eigenvalue weighted by molar-refractivity contribution is 0.0540. The van der Waals surface area contributed by atoms with E-state index >= 15 is 0 Å². The van der Waals surface area contributed by atoms with E-state index in [1.165, 1.54) is 0 Å². The number of carbonyl (C=O) groups excluding carboxylic acids is 1. The molecule has 3 N–H and O–H groups in total. The number of methoxy groups -OCH3 is 1. The van der Waals surface area contributed by atoms with Gasteiger partial charge in [0, 0.05) is 32.1 Å². The Morgan fingerprint density at radius 1 is 1.32 bits per heavy atom. The smallest absolute Gasteiger partial charge is 0.449 e. The fourth-order valence-corrected chi connectivity index (χ4v) is 5.08. The molecule has 180 valence electrons. The Hall–Kier alpha value is -2.86. The molecule has 0 aliphatic carbocycles. The van der Waals surface area contributed by atoms with Crippen molar-refractivity contribution in [1.29, 1.82) is 0 Å². The van der Waals surface area contributed by atoms with Crippen molar-refractivity contribution in [2.24, 2.45) is 0 Å². The van der Waals surface area contributed by atoms with Gasteiger partial charge in [0.25, 0.3) is 5.91 Å². The average Bonchev–Trinajstić information content (AvgIpc) is 3.35. The number of piperidine rings is 1. The van der Waals surface area contributed by atoms with Crippen LogP contribution in [0.5, 0.6) is 5.06 Å². The normalized spacial score (nSPS) is 18.1. The Kier molecular flexibility index (Phi) is 7.27. The molecule has 0 aromatic carbocycles. The Balaban J connectivity index is 1.51. The lowest BCUT2D eigenvalue weighted by Gasteiger charge is -2.37. The van der Waals surface area contributed by atoms with Crippen LogP contribution in [0.4, 0.5) is 9.93 Å². The number of H-pyrrole nitrogens is 1. The number of carbonyl (C=O) groups is 2. The van der Waals surface area contributed by atoms with Crippen LogP contribution in [0, 0.1) is 6.92 Å². The van der Waals surface area contributed by atoms with Gasteiger partial charge in [-0.3, -0.25) is 9.78 Å². The van der Waals surface area contributed by atoms with Crippen molar-refractivity contribution in [2.45, 2.75) is 25.5 Å². The summed E-state index contributed by atoms with van der Waals surface area (Å²) in [5.74, 6) is -0.371. The van der Waals surface area contributed by atoms with Gasteiger partial charge < -0.3 is 29.8 Å². The standard InChI is InChI=1S/C21H21Cl2N5O5S/c1-10-14(22)15(23)17(25-10)18(29)26-11-6-8-28(9-13(11)32-2)20-27-16(12-5-3-4-7-24-12)19(34-20)33-21(30)31/h3-5,7,11,13,25H,6,8-9H2,1-2H3,(H,26,29)(H,30,31)/t11-,13+/m1/s1. The van der Waals surface area contributed by atoms with Gasteiger partial charge in [-0.25, -0.2) is 9.78 Å². The fourth-order valence-electron chi connectivity index (χ4n) is 3.71. The summed E-state index contributed by atoms with van der Waals surface area (Å²) in [6.07, 6.45) is 0.373. The number of pyridine rings is 1. The van der Waals surface area contributed by atoms with Crippen molar-refractivity contribution in [3.63, 3.8) is 0 Å². The predicted octanol–water partition coefficient (Wildman–Crippen LogP) is 4.23. The topological polar surface area (TPSA) is 130 Å². The van der Waals surface area contributed by atoms with Gasteiger partial charge in [-0.15, -0.1) is 0 Å². The average molecular weight is 526 g/mol. The van der Waals surface area contributed by atoms with Crippen molar-refractivity contribution in [3.8, 4) is 16.5 Å². The molecule has 0 bridgehead atoms. The third-order valence-electron chi connectivity index (χ3n) is 5.40. The molecule has 3 aromatic heterocycles. The van der Waals surface area contributed by atoms with E-state index in [2.05, 4.69) is 20.3 Å². The van der Waals surface area contributed by atoms with Crippen LogP contribution in [0.2, 0.25) is 10.0 Å². The van der Waals surface area contributed by atoms with Crippen molar-refractivity contribution in [3.05, 3.63) is 45.8 Å². The number of ether oxygens (including phenoxy) is 2. The molecule has 0 spiro atoms. The van der Waals surface area contributed by atoms with Crippen molar-refractivity contribution in [1.82, 2.24) is 20.3 Å². The number of amides is 1. The van der Waals surface area contributed by atoms with E-state index in [-0.39, 0.29) is 33.8 Å². The number of hydrogen-bond donors (Lipinski definition) is 3. The summed E-state index contributed by atoms with van der Waals surface area (Å²) in [5, 5.41) is 13.3. The van der Waals surface area contributed by atoms with Crippen LogP contribution < -0.4 is 15.0 Å². The SMILES string of the molecule is CO[C@H]1CN(c2nc(-c3ccccn3)c(OC(=O)O)s2)CC[C@H]1NC(=O)c1[nH]c(C)c(Cl)c1Cl.